The highest BCUT2D eigenvalue weighted by Gasteiger charge is 2.27. The summed E-state index contributed by atoms with van der Waals surface area (Å²) < 4.78 is 48.9. The molecule has 0 fully saturated rings. The van der Waals surface area contributed by atoms with Gasteiger partial charge in [-0.05, 0) is 30.3 Å². The first-order valence-corrected chi connectivity index (χ1v) is 15.0. The number of sulfonamides is 1. The molecular formula is C28H22ClN2O4PS. The second-order valence-corrected chi connectivity index (χ2v) is 12.5. The predicted molar refractivity (Wildman–Crippen MR) is 150 cm³/mol. The van der Waals surface area contributed by atoms with Gasteiger partial charge in [-0.1, -0.05) is 90.5 Å². The molecule has 0 aromatic heterocycles. The molecule has 1 heterocycles. The largest absolute Gasteiger partial charge is 0.456 e. The lowest BCUT2D eigenvalue weighted by Gasteiger charge is -2.24. The Kier molecular flexibility index (Phi) is 6.94. The van der Waals surface area contributed by atoms with E-state index in [1.807, 2.05) is 60.7 Å². The minimum absolute atomic E-state index is 0.00296. The number of para-hydroxylation sites is 1. The molecule has 5 rings (SSSR count). The second-order valence-electron chi connectivity index (χ2n) is 8.26. The van der Waals surface area contributed by atoms with Gasteiger partial charge in [0.05, 0.1) is 15.6 Å². The zero-order valence-corrected chi connectivity index (χ0v) is 21.9. The quantitative estimate of drug-likeness (QED) is 0.230. The molecule has 4 aromatic rings. The van der Waals surface area contributed by atoms with E-state index < -0.39 is 17.3 Å². The monoisotopic (exact) mass is 548 g/mol. The van der Waals surface area contributed by atoms with Crippen molar-refractivity contribution >= 4 is 51.8 Å². The molecule has 0 aliphatic carbocycles. The molecular weight excluding hydrogens is 527 g/mol. The number of rotatable bonds is 7. The van der Waals surface area contributed by atoms with Gasteiger partial charge in [0.15, 0.2) is 0 Å². The van der Waals surface area contributed by atoms with Crippen molar-refractivity contribution in [2.24, 2.45) is 0 Å². The lowest BCUT2D eigenvalue weighted by molar-refractivity contribution is 0.469. The van der Waals surface area contributed by atoms with Gasteiger partial charge in [0, 0.05) is 28.4 Å². The molecule has 0 saturated carbocycles. The average Bonchev–Trinajstić information content (AvgIpc) is 2.90. The number of ether oxygens (including phenoxy) is 1. The van der Waals surface area contributed by atoms with Crippen molar-refractivity contribution in [2.45, 2.75) is 4.90 Å². The molecule has 37 heavy (non-hydrogen) atoms. The van der Waals surface area contributed by atoms with Gasteiger partial charge in [-0.15, -0.1) is 0 Å². The van der Waals surface area contributed by atoms with Crippen LogP contribution in [0, 0.1) is 0 Å². The number of hydrogen-bond donors (Lipinski definition) is 2. The van der Waals surface area contributed by atoms with Crippen LogP contribution < -0.4 is 9.81 Å². The molecule has 1 aliphatic rings. The van der Waals surface area contributed by atoms with E-state index in [-0.39, 0.29) is 15.6 Å². The lowest BCUT2D eigenvalue weighted by atomic mass is 10.2. The second kappa shape index (κ2) is 10.3. The Morgan fingerprint density at radius 1 is 0.703 bits per heavy atom. The summed E-state index contributed by atoms with van der Waals surface area (Å²) in [6.07, 6.45) is 0. The van der Waals surface area contributed by atoms with Crippen LogP contribution in [0.2, 0.25) is 5.02 Å². The van der Waals surface area contributed by atoms with Crippen LogP contribution >= 0.6 is 18.9 Å². The summed E-state index contributed by atoms with van der Waals surface area (Å²) in [6, 6.07) is 31.5. The van der Waals surface area contributed by atoms with E-state index >= 15 is 0 Å². The van der Waals surface area contributed by atoms with Crippen LogP contribution in [0.5, 0.6) is 0 Å². The first-order valence-electron chi connectivity index (χ1n) is 11.3. The van der Waals surface area contributed by atoms with Gasteiger partial charge in [0.1, 0.15) is 11.5 Å². The van der Waals surface area contributed by atoms with E-state index in [1.165, 1.54) is 12.1 Å². The summed E-state index contributed by atoms with van der Waals surface area (Å²) in [4.78, 5) is -0.00296. The number of anilines is 2. The van der Waals surface area contributed by atoms with E-state index in [2.05, 4.69) is 9.81 Å². The minimum atomic E-state index is -3.95. The Bertz CT molecular complexity index is 1600. The van der Waals surface area contributed by atoms with Crippen molar-refractivity contribution in [2.75, 3.05) is 9.81 Å². The molecule has 186 valence electrons. The summed E-state index contributed by atoms with van der Waals surface area (Å²) in [5, 5.41) is 3.33. The summed E-state index contributed by atoms with van der Waals surface area (Å²) in [5.41, 5.74) is 2.18. The maximum absolute atomic E-state index is 14.1. The molecule has 0 unspecified atom stereocenters. The van der Waals surface area contributed by atoms with Crippen molar-refractivity contribution in [1.29, 1.82) is 0 Å². The maximum atomic E-state index is 14.1. The molecule has 0 bridgehead atoms. The fourth-order valence-electron chi connectivity index (χ4n) is 3.78. The Labute approximate surface area is 220 Å². The fourth-order valence-corrected chi connectivity index (χ4v) is 6.99. The molecule has 6 nitrogen and oxygen atoms in total. The van der Waals surface area contributed by atoms with Crippen molar-refractivity contribution in [1.82, 2.24) is 0 Å². The van der Waals surface area contributed by atoms with Gasteiger partial charge in [0.2, 0.25) is 7.29 Å². The number of hydrogen-bond acceptors (Lipinski definition) is 4. The Hall–Kier alpha value is -3.77. The van der Waals surface area contributed by atoms with Crippen molar-refractivity contribution < 1.29 is 17.7 Å². The molecule has 9 heteroatoms. The number of nitrogens with one attached hydrogen (secondary N) is 2. The van der Waals surface area contributed by atoms with Crippen molar-refractivity contribution in [3.8, 4) is 0 Å². The SMILES string of the molecule is O=P1(Nc2cccc(S(=O)(=O)Nc3ccccc3Cl)c2)C=C(c2ccccc2)OC(c2ccccc2)=C1. The van der Waals surface area contributed by atoms with Gasteiger partial charge < -0.3 is 9.82 Å². The zero-order valence-electron chi connectivity index (χ0n) is 19.4. The molecule has 0 atom stereocenters. The Morgan fingerprint density at radius 2 is 1.27 bits per heavy atom. The van der Waals surface area contributed by atoms with Gasteiger partial charge in [-0.2, -0.15) is 0 Å². The smallest absolute Gasteiger partial charge is 0.262 e. The van der Waals surface area contributed by atoms with E-state index in [1.54, 1.807) is 48.0 Å². The van der Waals surface area contributed by atoms with Gasteiger partial charge >= 0.3 is 0 Å². The topological polar surface area (TPSA) is 84.5 Å². The minimum Gasteiger partial charge on any atom is -0.456 e. The molecule has 0 saturated heterocycles. The van der Waals surface area contributed by atoms with Crippen LogP contribution in [0.15, 0.2) is 126 Å². The molecule has 1 aliphatic heterocycles. The van der Waals surface area contributed by atoms with Crippen molar-refractivity contribution in [3.05, 3.63) is 137 Å². The lowest BCUT2D eigenvalue weighted by Crippen LogP contribution is -2.13. The van der Waals surface area contributed by atoms with Crippen molar-refractivity contribution in [3.63, 3.8) is 0 Å². The van der Waals surface area contributed by atoms with Gasteiger partial charge in [-0.25, -0.2) is 8.42 Å². The van der Waals surface area contributed by atoms with E-state index in [9.17, 15) is 13.0 Å². The molecule has 0 spiro atoms. The van der Waals surface area contributed by atoms with Crippen LogP contribution in [-0.4, -0.2) is 8.42 Å². The molecule has 2 N–H and O–H groups in total. The third-order valence-electron chi connectivity index (χ3n) is 5.52. The number of halogens is 1. The Morgan fingerprint density at radius 3 is 1.86 bits per heavy atom. The predicted octanol–water partition coefficient (Wildman–Crippen LogP) is 7.86. The summed E-state index contributed by atoms with van der Waals surface area (Å²) in [6.45, 7) is 0. The standard InChI is InChI=1S/C28H22ClN2O4PS/c29-25-16-7-8-17-26(25)31-37(33,34)24-15-9-14-23(18-24)30-36(32)19-27(21-10-3-1-4-11-21)35-28(20-36)22-12-5-2-6-13-22/h1-20,31H,(H,30,32). The van der Waals surface area contributed by atoms with Crippen LogP contribution in [-0.2, 0) is 19.3 Å². The number of benzene rings is 4. The van der Waals surface area contributed by atoms with E-state index in [0.717, 1.165) is 11.1 Å². The summed E-state index contributed by atoms with van der Waals surface area (Å²) in [5.74, 6) is 4.00. The third kappa shape index (κ3) is 5.81. The average molecular weight is 549 g/mol. The van der Waals surface area contributed by atoms with Crippen LogP contribution in [0.4, 0.5) is 11.4 Å². The first-order chi connectivity index (χ1) is 17.8. The van der Waals surface area contributed by atoms with E-state index in [0.29, 0.717) is 17.2 Å². The highest BCUT2D eigenvalue weighted by molar-refractivity contribution is 7.92. The molecule has 4 aromatic carbocycles. The highest BCUT2D eigenvalue weighted by Crippen LogP contribution is 2.56. The van der Waals surface area contributed by atoms with Crippen LogP contribution in [0.25, 0.3) is 11.5 Å². The van der Waals surface area contributed by atoms with E-state index in [4.69, 9.17) is 16.3 Å². The molecule has 0 radical (unpaired) electrons. The summed E-state index contributed by atoms with van der Waals surface area (Å²) >= 11 is 6.12. The van der Waals surface area contributed by atoms with Gasteiger partial charge in [-0.3, -0.25) is 9.29 Å². The first kappa shape index (κ1) is 24.9. The zero-order chi connectivity index (χ0) is 25.9. The third-order valence-corrected chi connectivity index (χ3v) is 9.06. The molecule has 0 amide bonds. The Balaban J connectivity index is 1.49. The normalized spacial score (nSPS) is 14.6. The van der Waals surface area contributed by atoms with Crippen LogP contribution in [0.3, 0.4) is 0 Å². The van der Waals surface area contributed by atoms with Crippen LogP contribution in [0.1, 0.15) is 11.1 Å². The summed E-state index contributed by atoms with van der Waals surface area (Å²) in [7, 11) is -7.31. The fraction of sp³-hybridized carbons (Fsp3) is 0. The van der Waals surface area contributed by atoms with Gasteiger partial charge in [0.25, 0.3) is 10.0 Å². The maximum Gasteiger partial charge on any atom is 0.262 e. The highest BCUT2D eigenvalue weighted by atomic mass is 35.5.